The number of ketones is 1. The van der Waals surface area contributed by atoms with E-state index in [1.165, 1.54) is 39.2 Å². The Bertz CT molecular complexity index is 1630. The fraction of sp³-hybridized carbons (Fsp3) is 0.147. The van der Waals surface area contributed by atoms with Crippen LogP contribution in [0.15, 0.2) is 102 Å². The van der Waals surface area contributed by atoms with Gasteiger partial charge in [0.15, 0.2) is 17.3 Å². The number of rotatable bonds is 12. The highest BCUT2D eigenvalue weighted by Gasteiger charge is 2.18. The first-order valence-corrected chi connectivity index (χ1v) is 14.3. The van der Waals surface area contributed by atoms with Crippen LogP contribution in [0.5, 0.6) is 17.2 Å². The third-order valence-corrected chi connectivity index (χ3v) is 7.39. The monoisotopic (exact) mass is 596 g/mol. The Morgan fingerprint density at radius 3 is 2.09 bits per heavy atom. The Hall–Kier alpha value is -5.02. The highest BCUT2D eigenvalue weighted by molar-refractivity contribution is 8.00. The minimum atomic E-state index is -0.556. The van der Waals surface area contributed by atoms with Gasteiger partial charge < -0.3 is 24.8 Å². The Labute approximate surface area is 255 Å². The van der Waals surface area contributed by atoms with E-state index in [0.29, 0.717) is 39.6 Å². The van der Waals surface area contributed by atoms with Gasteiger partial charge in [-0.2, -0.15) is 0 Å². The minimum absolute atomic E-state index is 0.0112. The summed E-state index contributed by atoms with van der Waals surface area (Å²) in [6.07, 6.45) is 1.51. The van der Waals surface area contributed by atoms with Crippen molar-refractivity contribution in [2.75, 3.05) is 32.4 Å². The van der Waals surface area contributed by atoms with E-state index in [2.05, 4.69) is 10.6 Å². The van der Waals surface area contributed by atoms with Gasteiger partial charge in [-0.25, -0.2) is 0 Å². The summed E-state index contributed by atoms with van der Waals surface area (Å²) >= 11 is 1.37. The Morgan fingerprint density at radius 2 is 1.42 bits per heavy atom. The van der Waals surface area contributed by atoms with Crippen LogP contribution in [0.2, 0.25) is 0 Å². The Balaban J connectivity index is 1.58. The second kappa shape index (κ2) is 14.7. The molecule has 2 amide bonds. The van der Waals surface area contributed by atoms with E-state index < -0.39 is 11.8 Å². The number of amides is 2. The summed E-state index contributed by atoms with van der Waals surface area (Å²) in [6, 6.07) is 26.5. The topological polar surface area (TPSA) is 103 Å². The van der Waals surface area contributed by atoms with Crippen LogP contribution in [0.1, 0.15) is 31.8 Å². The third-order valence-electron chi connectivity index (χ3n) is 6.40. The molecule has 0 aliphatic heterocycles. The van der Waals surface area contributed by atoms with Gasteiger partial charge >= 0.3 is 0 Å². The van der Waals surface area contributed by atoms with Crippen LogP contribution in [0.25, 0.3) is 6.08 Å². The summed E-state index contributed by atoms with van der Waals surface area (Å²) in [6.45, 7) is 1.97. The molecule has 8 nitrogen and oxygen atoms in total. The molecule has 0 saturated carbocycles. The predicted molar refractivity (Wildman–Crippen MR) is 169 cm³/mol. The van der Waals surface area contributed by atoms with E-state index in [9.17, 15) is 14.4 Å². The van der Waals surface area contributed by atoms with E-state index in [1.54, 1.807) is 60.7 Å². The molecule has 0 aliphatic rings. The van der Waals surface area contributed by atoms with Crippen LogP contribution < -0.4 is 24.8 Å². The average Bonchev–Trinajstić information content (AvgIpc) is 3.03. The van der Waals surface area contributed by atoms with Crippen molar-refractivity contribution in [2.24, 2.45) is 0 Å². The van der Waals surface area contributed by atoms with Gasteiger partial charge in [0.1, 0.15) is 11.4 Å². The third kappa shape index (κ3) is 8.27. The molecule has 0 atom stereocenters. The molecule has 0 spiro atoms. The van der Waals surface area contributed by atoms with Crippen molar-refractivity contribution in [2.45, 2.75) is 11.8 Å². The summed E-state index contributed by atoms with van der Waals surface area (Å²) in [5.74, 6) is 0.530. The standard InChI is InChI=1S/C34H32N2O6S/c1-22-13-15-23(16-14-22)29(37)21-43-27-12-8-11-26(19-27)35-34(39)28(36-33(38)24-9-6-5-7-10-24)17-25-18-31(41-3)32(42-4)20-30(25)40-2/h5-20H,21H2,1-4H3,(H,35,39)(H,36,38)/b28-17-. The number of aryl methyl sites for hydroxylation is 1. The van der Waals surface area contributed by atoms with Crippen molar-refractivity contribution in [3.63, 3.8) is 0 Å². The van der Waals surface area contributed by atoms with Gasteiger partial charge in [-0.1, -0.05) is 54.1 Å². The fourth-order valence-electron chi connectivity index (χ4n) is 4.10. The van der Waals surface area contributed by atoms with E-state index in [0.717, 1.165) is 10.5 Å². The zero-order valence-corrected chi connectivity index (χ0v) is 25.1. The van der Waals surface area contributed by atoms with Gasteiger partial charge in [0.05, 0.1) is 27.1 Å². The first-order valence-electron chi connectivity index (χ1n) is 13.3. The highest BCUT2D eigenvalue weighted by Crippen LogP contribution is 2.35. The van der Waals surface area contributed by atoms with Gasteiger partial charge in [-0.15, -0.1) is 11.8 Å². The van der Waals surface area contributed by atoms with Crippen molar-refractivity contribution in [3.05, 3.63) is 119 Å². The van der Waals surface area contributed by atoms with Gasteiger partial charge in [0, 0.05) is 33.3 Å². The molecule has 4 aromatic carbocycles. The quantitative estimate of drug-likeness (QED) is 0.111. The fourth-order valence-corrected chi connectivity index (χ4v) is 4.95. The number of methoxy groups -OCH3 is 3. The minimum Gasteiger partial charge on any atom is -0.496 e. The maximum atomic E-state index is 13.6. The van der Waals surface area contributed by atoms with Crippen molar-refractivity contribution < 1.29 is 28.6 Å². The first-order chi connectivity index (χ1) is 20.8. The van der Waals surface area contributed by atoms with Crippen molar-refractivity contribution in [3.8, 4) is 17.2 Å². The molecule has 2 N–H and O–H groups in total. The lowest BCUT2D eigenvalue weighted by atomic mass is 10.1. The lowest BCUT2D eigenvalue weighted by Gasteiger charge is -2.15. The second-order valence-corrected chi connectivity index (χ2v) is 10.4. The molecule has 4 aromatic rings. The molecule has 43 heavy (non-hydrogen) atoms. The molecule has 0 fully saturated rings. The van der Waals surface area contributed by atoms with Crippen molar-refractivity contribution >= 4 is 41.1 Å². The molecule has 220 valence electrons. The van der Waals surface area contributed by atoms with E-state index in [-0.39, 0.29) is 17.2 Å². The van der Waals surface area contributed by atoms with E-state index >= 15 is 0 Å². The molecule has 0 saturated heterocycles. The number of benzene rings is 4. The molecular formula is C34H32N2O6S. The zero-order chi connectivity index (χ0) is 30.8. The number of anilines is 1. The van der Waals surface area contributed by atoms with Crippen LogP contribution in [-0.4, -0.2) is 44.7 Å². The van der Waals surface area contributed by atoms with Gasteiger partial charge in [-0.05, 0) is 49.4 Å². The lowest BCUT2D eigenvalue weighted by molar-refractivity contribution is -0.113. The highest BCUT2D eigenvalue weighted by atomic mass is 32.2. The van der Waals surface area contributed by atoms with Crippen molar-refractivity contribution in [1.82, 2.24) is 5.32 Å². The summed E-state index contributed by atoms with van der Waals surface area (Å²) in [7, 11) is 4.51. The van der Waals surface area contributed by atoms with Crippen LogP contribution >= 0.6 is 11.8 Å². The Morgan fingerprint density at radius 1 is 0.744 bits per heavy atom. The van der Waals surface area contributed by atoms with Crippen LogP contribution in [-0.2, 0) is 4.79 Å². The average molecular weight is 597 g/mol. The largest absolute Gasteiger partial charge is 0.496 e. The molecule has 9 heteroatoms. The van der Waals surface area contributed by atoms with Gasteiger partial charge in [0.2, 0.25) is 0 Å². The molecule has 4 rings (SSSR count). The smallest absolute Gasteiger partial charge is 0.272 e. The first kappa shape index (κ1) is 30.9. The number of hydrogen-bond acceptors (Lipinski definition) is 7. The van der Waals surface area contributed by atoms with Crippen LogP contribution in [0.4, 0.5) is 5.69 Å². The molecule has 0 aliphatic carbocycles. The number of ether oxygens (including phenoxy) is 3. The van der Waals surface area contributed by atoms with Crippen molar-refractivity contribution in [1.29, 1.82) is 0 Å². The molecule has 0 heterocycles. The maximum absolute atomic E-state index is 13.6. The predicted octanol–water partition coefficient (Wildman–Crippen LogP) is 6.41. The number of carbonyl (C=O) groups excluding carboxylic acids is 3. The number of nitrogens with one attached hydrogen (secondary N) is 2. The lowest BCUT2D eigenvalue weighted by Crippen LogP contribution is -2.30. The van der Waals surface area contributed by atoms with Crippen LogP contribution in [0.3, 0.4) is 0 Å². The number of carbonyl (C=O) groups is 3. The molecule has 0 aromatic heterocycles. The second-order valence-electron chi connectivity index (χ2n) is 9.39. The number of Topliss-reactive ketones (excluding diaryl/α,β-unsaturated/α-hetero) is 1. The summed E-state index contributed by atoms with van der Waals surface area (Å²) in [5.41, 5.74) is 3.08. The molecule has 0 bridgehead atoms. The SMILES string of the molecule is COc1cc(OC)c(OC)cc1/C=C(\NC(=O)c1ccccc1)C(=O)Nc1cccc(SCC(=O)c2ccc(C)cc2)c1. The summed E-state index contributed by atoms with van der Waals surface area (Å²) in [4.78, 5) is 40.1. The van der Waals surface area contributed by atoms with Gasteiger partial charge in [0.25, 0.3) is 11.8 Å². The molecule has 0 unspecified atom stereocenters. The molecular weight excluding hydrogens is 564 g/mol. The Kier molecular flexibility index (Phi) is 10.6. The zero-order valence-electron chi connectivity index (χ0n) is 24.3. The number of hydrogen-bond donors (Lipinski definition) is 2. The molecule has 0 radical (unpaired) electrons. The normalized spacial score (nSPS) is 10.9. The number of thioether (sulfide) groups is 1. The van der Waals surface area contributed by atoms with E-state index in [4.69, 9.17) is 14.2 Å². The van der Waals surface area contributed by atoms with Crippen LogP contribution in [0, 0.1) is 6.92 Å². The van der Waals surface area contributed by atoms with E-state index in [1.807, 2.05) is 37.3 Å². The summed E-state index contributed by atoms with van der Waals surface area (Å²) < 4.78 is 16.3. The van der Waals surface area contributed by atoms with Gasteiger partial charge in [-0.3, -0.25) is 14.4 Å². The summed E-state index contributed by atoms with van der Waals surface area (Å²) in [5, 5.41) is 5.59. The maximum Gasteiger partial charge on any atom is 0.272 e.